The average molecular weight is 377 g/mol. The Morgan fingerprint density at radius 2 is 1.64 bits per heavy atom. The van der Waals surface area contributed by atoms with Crippen molar-refractivity contribution in [3.63, 3.8) is 0 Å². The van der Waals surface area contributed by atoms with E-state index >= 15 is 0 Å². The SMILES string of the molecule is O=C(CSC1CCS(=O)(=O)C1)Nc1ccc(Nc2ccccc2)cc1. The molecule has 1 unspecified atom stereocenters. The molecule has 7 heteroatoms. The molecule has 1 aliphatic heterocycles. The van der Waals surface area contributed by atoms with E-state index in [4.69, 9.17) is 0 Å². The third-order valence-electron chi connectivity index (χ3n) is 3.87. The van der Waals surface area contributed by atoms with Crippen molar-refractivity contribution in [1.29, 1.82) is 0 Å². The van der Waals surface area contributed by atoms with E-state index in [0.717, 1.165) is 17.1 Å². The fourth-order valence-corrected chi connectivity index (χ4v) is 6.05. The number of para-hydroxylation sites is 1. The third kappa shape index (κ3) is 5.51. The van der Waals surface area contributed by atoms with E-state index < -0.39 is 9.84 Å². The molecule has 0 radical (unpaired) electrons. The van der Waals surface area contributed by atoms with E-state index in [9.17, 15) is 13.2 Å². The van der Waals surface area contributed by atoms with E-state index in [1.165, 1.54) is 11.8 Å². The zero-order chi connectivity index (χ0) is 17.7. The predicted molar refractivity (Wildman–Crippen MR) is 104 cm³/mol. The van der Waals surface area contributed by atoms with Crippen LogP contribution in [-0.2, 0) is 14.6 Å². The number of amides is 1. The van der Waals surface area contributed by atoms with Crippen molar-refractivity contribution < 1.29 is 13.2 Å². The van der Waals surface area contributed by atoms with E-state index in [2.05, 4.69) is 10.6 Å². The van der Waals surface area contributed by atoms with Gasteiger partial charge in [-0.1, -0.05) is 18.2 Å². The fraction of sp³-hybridized carbons (Fsp3) is 0.278. The Morgan fingerprint density at radius 3 is 2.28 bits per heavy atom. The number of carbonyl (C=O) groups excluding carboxylic acids is 1. The lowest BCUT2D eigenvalue weighted by Crippen LogP contribution is -2.17. The molecule has 0 saturated carbocycles. The highest BCUT2D eigenvalue weighted by Crippen LogP contribution is 2.24. The lowest BCUT2D eigenvalue weighted by molar-refractivity contribution is -0.113. The number of carbonyl (C=O) groups is 1. The molecule has 0 spiro atoms. The van der Waals surface area contributed by atoms with Gasteiger partial charge in [0.1, 0.15) is 0 Å². The minimum absolute atomic E-state index is 0.0354. The number of rotatable bonds is 6. The van der Waals surface area contributed by atoms with Crippen LogP contribution >= 0.6 is 11.8 Å². The standard InChI is InChI=1S/C18H20N2O3S2/c21-18(12-24-17-10-11-25(22,23)13-17)20-16-8-6-15(7-9-16)19-14-4-2-1-3-5-14/h1-9,17,19H,10-13H2,(H,20,21). The molecule has 1 fully saturated rings. The summed E-state index contributed by atoms with van der Waals surface area (Å²) < 4.78 is 22.8. The summed E-state index contributed by atoms with van der Waals surface area (Å²) in [5.74, 6) is 0.579. The van der Waals surface area contributed by atoms with Gasteiger partial charge in [-0.25, -0.2) is 8.42 Å². The van der Waals surface area contributed by atoms with Crippen molar-refractivity contribution in [2.45, 2.75) is 11.7 Å². The first-order valence-corrected chi connectivity index (χ1v) is 10.9. The Labute approximate surface area is 152 Å². The number of thioether (sulfide) groups is 1. The Balaban J connectivity index is 1.47. The van der Waals surface area contributed by atoms with E-state index in [1.54, 1.807) is 0 Å². The largest absolute Gasteiger partial charge is 0.356 e. The summed E-state index contributed by atoms with van der Waals surface area (Å²) in [5.41, 5.74) is 2.67. The van der Waals surface area contributed by atoms with Crippen LogP contribution in [0.4, 0.5) is 17.1 Å². The molecule has 2 aromatic rings. The molecule has 132 valence electrons. The lowest BCUT2D eigenvalue weighted by atomic mass is 10.2. The molecule has 1 aliphatic rings. The summed E-state index contributed by atoms with van der Waals surface area (Å²) in [6.07, 6.45) is 0.639. The summed E-state index contributed by atoms with van der Waals surface area (Å²) in [6, 6.07) is 17.3. The quantitative estimate of drug-likeness (QED) is 0.809. The monoisotopic (exact) mass is 376 g/mol. The van der Waals surface area contributed by atoms with Gasteiger partial charge in [0, 0.05) is 22.3 Å². The molecule has 25 heavy (non-hydrogen) atoms. The van der Waals surface area contributed by atoms with E-state index in [-0.39, 0.29) is 28.4 Å². The maximum atomic E-state index is 12.0. The zero-order valence-corrected chi connectivity index (χ0v) is 15.3. The Kier molecular flexibility index (Phi) is 5.65. The summed E-state index contributed by atoms with van der Waals surface area (Å²) in [6.45, 7) is 0. The Hall–Kier alpha value is -1.99. The molecule has 1 atom stereocenters. The second kappa shape index (κ2) is 7.93. The van der Waals surface area contributed by atoms with Crippen molar-refractivity contribution in [2.75, 3.05) is 27.9 Å². The first kappa shape index (κ1) is 17.8. The summed E-state index contributed by atoms with van der Waals surface area (Å²) in [5, 5.41) is 6.16. The third-order valence-corrected chi connectivity index (χ3v) is 7.15. The molecule has 3 rings (SSSR count). The van der Waals surface area contributed by atoms with Gasteiger partial charge in [0.25, 0.3) is 0 Å². The number of sulfone groups is 1. The van der Waals surface area contributed by atoms with Gasteiger partial charge < -0.3 is 10.6 Å². The number of hydrogen-bond donors (Lipinski definition) is 2. The number of benzene rings is 2. The summed E-state index contributed by atoms with van der Waals surface area (Å²) in [7, 11) is -2.89. The highest BCUT2D eigenvalue weighted by molar-refractivity contribution is 8.02. The molecule has 0 aromatic heterocycles. The van der Waals surface area contributed by atoms with Crippen LogP contribution in [0, 0.1) is 0 Å². The molecular weight excluding hydrogens is 356 g/mol. The lowest BCUT2D eigenvalue weighted by Gasteiger charge is -2.10. The molecule has 0 bridgehead atoms. The maximum absolute atomic E-state index is 12.0. The van der Waals surface area contributed by atoms with Crippen LogP contribution < -0.4 is 10.6 Å². The summed E-state index contributed by atoms with van der Waals surface area (Å²) in [4.78, 5) is 12.0. The first-order chi connectivity index (χ1) is 12.0. The Morgan fingerprint density at radius 1 is 1.00 bits per heavy atom. The molecule has 1 amide bonds. The second-order valence-electron chi connectivity index (χ2n) is 5.95. The van der Waals surface area contributed by atoms with Crippen molar-refractivity contribution in [1.82, 2.24) is 0 Å². The number of nitrogens with one attached hydrogen (secondary N) is 2. The normalized spacial score (nSPS) is 18.6. The predicted octanol–water partition coefficient (Wildman–Crippen LogP) is 3.29. The molecule has 0 aliphatic carbocycles. The minimum Gasteiger partial charge on any atom is -0.356 e. The van der Waals surface area contributed by atoms with Gasteiger partial charge in [-0.05, 0) is 42.8 Å². The molecule has 2 aromatic carbocycles. The van der Waals surface area contributed by atoms with Gasteiger partial charge in [0.2, 0.25) is 5.91 Å². The molecule has 5 nitrogen and oxygen atoms in total. The van der Waals surface area contributed by atoms with Crippen molar-refractivity contribution in [3.05, 3.63) is 54.6 Å². The van der Waals surface area contributed by atoms with Gasteiger partial charge in [-0.2, -0.15) is 0 Å². The van der Waals surface area contributed by atoms with E-state index in [1.807, 2.05) is 54.6 Å². The van der Waals surface area contributed by atoms with Crippen LogP contribution in [0.15, 0.2) is 54.6 Å². The van der Waals surface area contributed by atoms with Gasteiger partial charge in [-0.3, -0.25) is 4.79 Å². The fourth-order valence-electron chi connectivity index (χ4n) is 2.61. The van der Waals surface area contributed by atoms with Gasteiger partial charge >= 0.3 is 0 Å². The average Bonchev–Trinajstić information content (AvgIpc) is 2.95. The van der Waals surface area contributed by atoms with Crippen LogP contribution in [0.3, 0.4) is 0 Å². The Bertz CT molecular complexity index is 821. The smallest absolute Gasteiger partial charge is 0.234 e. The maximum Gasteiger partial charge on any atom is 0.234 e. The zero-order valence-electron chi connectivity index (χ0n) is 13.6. The number of hydrogen-bond acceptors (Lipinski definition) is 5. The summed E-state index contributed by atoms with van der Waals surface area (Å²) >= 11 is 1.42. The first-order valence-electron chi connectivity index (χ1n) is 8.04. The van der Waals surface area contributed by atoms with Crippen molar-refractivity contribution >= 4 is 44.6 Å². The van der Waals surface area contributed by atoms with Crippen LogP contribution in [0.2, 0.25) is 0 Å². The van der Waals surface area contributed by atoms with Crippen molar-refractivity contribution in [3.8, 4) is 0 Å². The second-order valence-corrected chi connectivity index (χ2v) is 9.47. The molecule has 2 N–H and O–H groups in total. The van der Waals surface area contributed by atoms with Gasteiger partial charge in [0.15, 0.2) is 9.84 Å². The van der Waals surface area contributed by atoms with Crippen LogP contribution in [0.1, 0.15) is 6.42 Å². The molecule has 1 heterocycles. The number of anilines is 3. The van der Waals surface area contributed by atoms with Crippen LogP contribution in [-0.4, -0.2) is 36.8 Å². The molecule has 1 saturated heterocycles. The highest BCUT2D eigenvalue weighted by atomic mass is 32.2. The van der Waals surface area contributed by atoms with Gasteiger partial charge in [0.05, 0.1) is 17.3 Å². The van der Waals surface area contributed by atoms with Crippen molar-refractivity contribution in [2.24, 2.45) is 0 Å². The highest BCUT2D eigenvalue weighted by Gasteiger charge is 2.28. The van der Waals surface area contributed by atoms with Crippen LogP contribution in [0.25, 0.3) is 0 Å². The van der Waals surface area contributed by atoms with E-state index in [0.29, 0.717) is 6.42 Å². The molecular formula is C18H20N2O3S2. The topological polar surface area (TPSA) is 75.3 Å². The minimum atomic E-state index is -2.89. The van der Waals surface area contributed by atoms with Crippen LogP contribution in [0.5, 0.6) is 0 Å². The van der Waals surface area contributed by atoms with Gasteiger partial charge in [-0.15, -0.1) is 11.8 Å².